The largest absolute Gasteiger partial charge is 0.363 e. The Morgan fingerprint density at radius 3 is 3.07 bits per heavy atom. The molecule has 0 bridgehead atoms. The van der Waals surface area contributed by atoms with Crippen molar-refractivity contribution in [2.24, 2.45) is 0 Å². The van der Waals surface area contributed by atoms with E-state index in [0.29, 0.717) is 11.3 Å². The van der Waals surface area contributed by atoms with Crippen LogP contribution in [0.3, 0.4) is 0 Å². The summed E-state index contributed by atoms with van der Waals surface area (Å²) in [5.74, 6) is -0.289. The number of pyridine rings is 1. The van der Waals surface area contributed by atoms with Crippen LogP contribution in [-0.2, 0) is 0 Å². The standard InChI is InChI=1S/C9H6ClN3O2/c10-8-3-6(1-2-11-8)9(14)13-7-4-12-15-5-7/h1-5H,(H,13,14). The van der Waals surface area contributed by atoms with Gasteiger partial charge in [0.15, 0.2) is 0 Å². The molecule has 0 saturated carbocycles. The summed E-state index contributed by atoms with van der Waals surface area (Å²) in [6.07, 6.45) is 4.20. The lowest BCUT2D eigenvalue weighted by Gasteiger charge is -2.00. The van der Waals surface area contributed by atoms with Crippen LogP contribution < -0.4 is 5.32 Å². The van der Waals surface area contributed by atoms with Crippen LogP contribution >= 0.6 is 11.6 Å². The zero-order valence-corrected chi connectivity index (χ0v) is 8.23. The highest BCUT2D eigenvalue weighted by Crippen LogP contribution is 2.10. The summed E-state index contributed by atoms with van der Waals surface area (Å²) in [5.41, 5.74) is 0.920. The zero-order chi connectivity index (χ0) is 10.7. The molecule has 0 unspecified atom stereocenters. The van der Waals surface area contributed by atoms with Crippen LogP contribution in [0.4, 0.5) is 5.69 Å². The molecule has 0 aliphatic heterocycles. The Labute approximate surface area is 90.1 Å². The van der Waals surface area contributed by atoms with E-state index in [1.54, 1.807) is 6.07 Å². The molecule has 0 fully saturated rings. The molecular formula is C9H6ClN3O2. The molecule has 15 heavy (non-hydrogen) atoms. The number of anilines is 1. The first-order chi connectivity index (χ1) is 7.25. The molecule has 5 nitrogen and oxygen atoms in total. The van der Waals surface area contributed by atoms with Crippen molar-refractivity contribution < 1.29 is 9.32 Å². The first-order valence-corrected chi connectivity index (χ1v) is 4.46. The molecule has 0 spiro atoms. The number of amides is 1. The van der Waals surface area contributed by atoms with Crippen molar-refractivity contribution in [3.63, 3.8) is 0 Å². The average molecular weight is 224 g/mol. The van der Waals surface area contributed by atoms with Crippen molar-refractivity contribution in [2.45, 2.75) is 0 Å². The van der Waals surface area contributed by atoms with E-state index in [1.165, 1.54) is 24.7 Å². The van der Waals surface area contributed by atoms with Crippen molar-refractivity contribution in [3.05, 3.63) is 41.5 Å². The first-order valence-electron chi connectivity index (χ1n) is 4.08. The Bertz CT molecular complexity index is 470. The van der Waals surface area contributed by atoms with Crippen LogP contribution in [0.5, 0.6) is 0 Å². The van der Waals surface area contributed by atoms with Crippen molar-refractivity contribution in [1.29, 1.82) is 0 Å². The predicted molar refractivity (Wildman–Crippen MR) is 53.7 cm³/mol. The molecule has 0 saturated heterocycles. The molecule has 0 atom stereocenters. The smallest absolute Gasteiger partial charge is 0.255 e. The van der Waals surface area contributed by atoms with Crippen molar-refractivity contribution >= 4 is 23.2 Å². The van der Waals surface area contributed by atoms with Crippen molar-refractivity contribution in [1.82, 2.24) is 10.1 Å². The Hall–Kier alpha value is -1.88. The number of halogens is 1. The molecule has 2 aromatic heterocycles. The van der Waals surface area contributed by atoms with Crippen LogP contribution in [0, 0.1) is 0 Å². The fraction of sp³-hybridized carbons (Fsp3) is 0. The molecule has 1 N–H and O–H groups in total. The Morgan fingerprint density at radius 2 is 2.40 bits per heavy atom. The van der Waals surface area contributed by atoms with Gasteiger partial charge in [0.25, 0.3) is 5.91 Å². The number of hydrogen-bond acceptors (Lipinski definition) is 4. The van der Waals surface area contributed by atoms with Gasteiger partial charge in [-0.05, 0) is 12.1 Å². The summed E-state index contributed by atoms with van der Waals surface area (Å²) >= 11 is 5.65. The highest BCUT2D eigenvalue weighted by Gasteiger charge is 2.07. The number of hydrogen-bond donors (Lipinski definition) is 1. The van der Waals surface area contributed by atoms with Gasteiger partial charge in [0.2, 0.25) is 0 Å². The lowest BCUT2D eigenvalue weighted by molar-refractivity contribution is 0.102. The van der Waals surface area contributed by atoms with Gasteiger partial charge >= 0.3 is 0 Å². The lowest BCUT2D eigenvalue weighted by Crippen LogP contribution is -2.11. The van der Waals surface area contributed by atoms with E-state index >= 15 is 0 Å². The van der Waals surface area contributed by atoms with Gasteiger partial charge in [-0.3, -0.25) is 4.79 Å². The van der Waals surface area contributed by atoms with E-state index < -0.39 is 0 Å². The fourth-order valence-electron chi connectivity index (χ4n) is 1.01. The Kier molecular flexibility index (Phi) is 2.64. The third-order valence-corrected chi connectivity index (χ3v) is 1.89. The minimum atomic E-state index is -0.289. The quantitative estimate of drug-likeness (QED) is 0.791. The number of rotatable bonds is 2. The van der Waals surface area contributed by atoms with Gasteiger partial charge in [-0.1, -0.05) is 16.8 Å². The van der Waals surface area contributed by atoms with Gasteiger partial charge in [-0.25, -0.2) is 4.98 Å². The van der Waals surface area contributed by atoms with Crippen LogP contribution in [-0.4, -0.2) is 16.0 Å². The molecular weight excluding hydrogens is 218 g/mol. The van der Waals surface area contributed by atoms with E-state index in [1.807, 2.05) is 0 Å². The van der Waals surface area contributed by atoms with Crippen LogP contribution in [0.15, 0.2) is 35.3 Å². The molecule has 2 aromatic rings. The monoisotopic (exact) mass is 223 g/mol. The molecule has 2 rings (SSSR count). The predicted octanol–water partition coefficient (Wildman–Crippen LogP) is 1.98. The Morgan fingerprint density at radius 1 is 1.53 bits per heavy atom. The van der Waals surface area contributed by atoms with E-state index in [9.17, 15) is 4.79 Å². The summed E-state index contributed by atoms with van der Waals surface area (Å²) in [6.45, 7) is 0. The van der Waals surface area contributed by atoms with Gasteiger partial charge in [-0.2, -0.15) is 0 Å². The summed E-state index contributed by atoms with van der Waals surface area (Å²) in [4.78, 5) is 15.4. The van der Waals surface area contributed by atoms with Crippen LogP contribution in [0.1, 0.15) is 10.4 Å². The summed E-state index contributed by atoms with van der Waals surface area (Å²) in [7, 11) is 0. The summed E-state index contributed by atoms with van der Waals surface area (Å²) in [5, 5.41) is 6.31. The lowest BCUT2D eigenvalue weighted by atomic mass is 10.2. The minimum absolute atomic E-state index is 0.271. The molecule has 6 heteroatoms. The zero-order valence-electron chi connectivity index (χ0n) is 7.48. The van der Waals surface area contributed by atoms with E-state index in [0.717, 1.165) is 0 Å². The highest BCUT2D eigenvalue weighted by atomic mass is 35.5. The normalized spacial score (nSPS) is 9.93. The topological polar surface area (TPSA) is 68.0 Å². The third kappa shape index (κ3) is 2.32. The van der Waals surface area contributed by atoms with Crippen molar-refractivity contribution in [3.8, 4) is 0 Å². The van der Waals surface area contributed by atoms with Gasteiger partial charge < -0.3 is 9.84 Å². The second-order valence-corrected chi connectivity index (χ2v) is 3.12. The molecule has 2 heterocycles. The number of nitrogens with one attached hydrogen (secondary N) is 1. The number of nitrogens with zero attached hydrogens (tertiary/aromatic N) is 2. The summed E-state index contributed by atoms with van der Waals surface area (Å²) in [6, 6.07) is 3.04. The maximum Gasteiger partial charge on any atom is 0.255 e. The second-order valence-electron chi connectivity index (χ2n) is 2.73. The van der Waals surface area contributed by atoms with E-state index in [4.69, 9.17) is 11.6 Å². The van der Waals surface area contributed by atoms with Gasteiger partial charge in [0.05, 0.1) is 6.20 Å². The second kappa shape index (κ2) is 4.10. The van der Waals surface area contributed by atoms with Crippen molar-refractivity contribution in [2.75, 3.05) is 5.32 Å². The minimum Gasteiger partial charge on any atom is -0.363 e. The maximum absolute atomic E-state index is 11.6. The number of carbonyl (C=O) groups excluding carboxylic acids is 1. The van der Waals surface area contributed by atoms with E-state index in [2.05, 4.69) is 20.0 Å². The molecule has 0 aliphatic carbocycles. The van der Waals surface area contributed by atoms with Gasteiger partial charge in [0.1, 0.15) is 17.1 Å². The number of carbonyl (C=O) groups is 1. The van der Waals surface area contributed by atoms with E-state index in [-0.39, 0.29) is 11.1 Å². The molecule has 76 valence electrons. The number of aromatic nitrogens is 2. The molecule has 0 radical (unpaired) electrons. The maximum atomic E-state index is 11.6. The Balaban J connectivity index is 2.15. The van der Waals surface area contributed by atoms with Crippen LogP contribution in [0.2, 0.25) is 5.15 Å². The van der Waals surface area contributed by atoms with Crippen LogP contribution in [0.25, 0.3) is 0 Å². The fourth-order valence-corrected chi connectivity index (χ4v) is 1.19. The highest BCUT2D eigenvalue weighted by molar-refractivity contribution is 6.29. The van der Waals surface area contributed by atoms with Gasteiger partial charge in [0, 0.05) is 11.8 Å². The van der Waals surface area contributed by atoms with Gasteiger partial charge in [-0.15, -0.1) is 0 Å². The molecule has 0 aliphatic rings. The molecule has 0 aromatic carbocycles. The SMILES string of the molecule is O=C(Nc1cnoc1)c1ccnc(Cl)c1. The first kappa shape index (κ1) is 9.67. The molecule has 1 amide bonds. The summed E-state index contributed by atoms with van der Waals surface area (Å²) < 4.78 is 4.57. The average Bonchev–Trinajstić information content (AvgIpc) is 2.70. The third-order valence-electron chi connectivity index (χ3n) is 1.68.